The van der Waals surface area contributed by atoms with Crippen LogP contribution >= 0.6 is 39.1 Å². The van der Waals surface area contributed by atoms with E-state index < -0.39 is 0 Å². The van der Waals surface area contributed by atoms with Crippen LogP contribution in [0.1, 0.15) is 18.9 Å². The van der Waals surface area contributed by atoms with E-state index in [2.05, 4.69) is 38.5 Å². The van der Waals surface area contributed by atoms with Crippen LogP contribution in [-0.2, 0) is 6.54 Å². The van der Waals surface area contributed by atoms with Crippen molar-refractivity contribution in [2.45, 2.75) is 19.9 Å². The summed E-state index contributed by atoms with van der Waals surface area (Å²) in [5, 5.41) is 7.47. The van der Waals surface area contributed by atoms with E-state index in [-0.39, 0.29) is 0 Å². The molecular weight excluding hydrogens is 373 g/mol. The van der Waals surface area contributed by atoms with Gasteiger partial charge in [-0.05, 0) is 30.2 Å². The molecule has 0 bridgehead atoms. The molecule has 0 spiro atoms. The molecule has 0 unspecified atom stereocenters. The molecule has 2 aromatic rings. The second-order valence-corrected chi connectivity index (χ2v) is 6.29. The first kappa shape index (κ1) is 16.4. The zero-order valence-corrected chi connectivity index (χ0v) is 14.7. The Morgan fingerprint density at radius 2 is 1.67 bits per heavy atom. The van der Waals surface area contributed by atoms with E-state index in [9.17, 15) is 0 Å². The lowest BCUT2D eigenvalue weighted by molar-refractivity contribution is 0.968. The number of hydrogen-bond acceptors (Lipinski definition) is 3. The summed E-state index contributed by atoms with van der Waals surface area (Å²) in [7, 11) is 0. The average molecular weight is 389 g/mol. The number of aromatic nitrogens is 1. The Kier molecular flexibility index (Phi) is 6.15. The van der Waals surface area contributed by atoms with Gasteiger partial charge in [-0.1, -0.05) is 58.2 Å². The van der Waals surface area contributed by atoms with E-state index in [1.54, 1.807) is 6.07 Å². The van der Waals surface area contributed by atoms with Crippen molar-refractivity contribution in [1.82, 2.24) is 4.98 Å². The van der Waals surface area contributed by atoms with Crippen molar-refractivity contribution in [3.63, 3.8) is 0 Å². The molecule has 0 fully saturated rings. The van der Waals surface area contributed by atoms with Crippen molar-refractivity contribution in [2.75, 3.05) is 17.2 Å². The van der Waals surface area contributed by atoms with Gasteiger partial charge in [-0.25, -0.2) is 4.98 Å². The quantitative estimate of drug-likeness (QED) is 0.677. The van der Waals surface area contributed by atoms with Crippen LogP contribution in [0.3, 0.4) is 0 Å². The molecule has 1 aromatic heterocycles. The van der Waals surface area contributed by atoms with Crippen LogP contribution in [0.15, 0.2) is 34.8 Å². The van der Waals surface area contributed by atoms with Crippen molar-refractivity contribution in [2.24, 2.45) is 0 Å². The van der Waals surface area contributed by atoms with E-state index in [4.69, 9.17) is 23.2 Å². The molecule has 1 heterocycles. The highest BCUT2D eigenvalue weighted by atomic mass is 79.9. The predicted molar refractivity (Wildman–Crippen MR) is 94.5 cm³/mol. The molecule has 21 heavy (non-hydrogen) atoms. The summed E-state index contributed by atoms with van der Waals surface area (Å²) >= 11 is 15.7. The molecule has 0 radical (unpaired) electrons. The van der Waals surface area contributed by atoms with Gasteiger partial charge in [0.05, 0.1) is 10.0 Å². The third-order valence-electron chi connectivity index (χ3n) is 2.85. The Morgan fingerprint density at radius 3 is 2.29 bits per heavy atom. The number of nitrogens with one attached hydrogen (secondary N) is 2. The van der Waals surface area contributed by atoms with E-state index in [0.29, 0.717) is 28.2 Å². The van der Waals surface area contributed by atoms with Crippen LogP contribution in [0.4, 0.5) is 11.6 Å². The maximum Gasteiger partial charge on any atom is 0.147 e. The zero-order valence-electron chi connectivity index (χ0n) is 11.6. The van der Waals surface area contributed by atoms with E-state index >= 15 is 0 Å². The van der Waals surface area contributed by atoms with Crippen molar-refractivity contribution < 1.29 is 0 Å². The van der Waals surface area contributed by atoms with Gasteiger partial charge >= 0.3 is 0 Å². The van der Waals surface area contributed by atoms with Gasteiger partial charge in [0.2, 0.25) is 0 Å². The van der Waals surface area contributed by atoms with Crippen LogP contribution in [-0.4, -0.2) is 11.5 Å². The summed E-state index contributed by atoms with van der Waals surface area (Å²) < 4.78 is 1.06. The standard InChI is InChI=1S/C15H16BrCl2N3/c1-2-7-19-14-12(17)8-13(18)15(21-14)20-9-10-3-5-11(16)6-4-10/h3-6,8H,2,7,9H2,1H3,(H2,19,20,21). The van der Waals surface area contributed by atoms with Gasteiger partial charge in [-0.2, -0.15) is 0 Å². The predicted octanol–water partition coefficient (Wildman–Crippen LogP) is 5.58. The first-order valence-electron chi connectivity index (χ1n) is 6.68. The summed E-state index contributed by atoms with van der Waals surface area (Å²) in [5.41, 5.74) is 1.15. The smallest absolute Gasteiger partial charge is 0.147 e. The van der Waals surface area contributed by atoms with E-state index in [0.717, 1.165) is 23.0 Å². The fraction of sp³-hybridized carbons (Fsp3) is 0.267. The molecular formula is C15H16BrCl2N3. The molecule has 2 N–H and O–H groups in total. The molecule has 0 saturated heterocycles. The highest BCUT2D eigenvalue weighted by Crippen LogP contribution is 2.29. The molecule has 0 atom stereocenters. The topological polar surface area (TPSA) is 37.0 Å². The molecule has 6 heteroatoms. The minimum absolute atomic E-state index is 0.513. The molecule has 0 aliphatic carbocycles. The monoisotopic (exact) mass is 387 g/mol. The Morgan fingerprint density at radius 1 is 1.05 bits per heavy atom. The van der Waals surface area contributed by atoms with Gasteiger partial charge in [0.1, 0.15) is 11.6 Å². The molecule has 2 rings (SSSR count). The van der Waals surface area contributed by atoms with Crippen LogP contribution in [0, 0.1) is 0 Å². The third kappa shape index (κ3) is 4.77. The van der Waals surface area contributed by atoms with Crippen LogP contribution in [0.5, 0.6) is 0 Å². The molecule has 0 aliphatic heterocycles. The Labute approximate surface area is 143 Å². The molecule has 0 saturated carbocycles. The van der Waals surface area contributed by atoms with Gasteiger partial charge in [-0.15, -0.1) is 0 Å². The largest absolute Gasteiger partial charge is 0.369 e. The molecule has 3 nitrogen and oxygen atoms in total. The van der Waals surface area contributed by atoms with Gasteiger partial charge in [0.25, 0.3) is 0 Å². The molecule has 1 aromatic carbocycles. The minimum Gasteiger partial charge on any atom is -0.369 e. The Bertz CT molecular complexity index is 603. The highest BCUT2D eigenvalue weighted by Gasteiger charge is 2.09. The number of halogens is 3. The Hall–Kier alpha value is -0.970. The van der Waals surface area contributed by atoms with Gasteiger partial charge in [0, 0.05) is 17.6 Å². The number of hydrogen-bond donors (Lipinski definition) is 2. The van der Waals surface area contributed by atoms with Crippen LogP contribution in [0.25, 0.3) is 0 Å². The molecule has 112 valence electrons. The molecule has 0 aliphatic rings. The van der Waals surface area contributed by atoms with Crippen molar-refractivity contribution in [1.29, 1.82) is 0 Å². The summed E-state index contributed by atoms with van der Waals surface area (Å²) in [6.07, 6.45) is 1.00. The maximum atomic E-state index is 6.18. The lowest BCUT2D eigenvalue weighted by atomic mass is 10.2. The first-order valence-corrected chi connectivity index (χ1v) is 8.23. The third-order valence-corrected chi connectivity index (χ3v) is 3.95. The van der Waals surface area contributed by atoms with Gasteiger partial charge < -0.3 is 10.6 Å². The van der Waals surface area contributed by atoms with Crippen molar-refractivity contribution >= 4 is 50.8 Å². The second kappa shape index (κ2) is 7.87. The molecule has 0 amide bonds. The van der Waals surface area contributed by atoms with Crippen molar-refractivity contribution in [3.05, 3.63) is 50.4 Å². The van der Waals surface area contributed by atoms with E-state index in [1.807, 2.05) is 24.3 Å². The number of anilines is 2. The van der Waals surface area contributed by atoms with Gasteiger partial charge in [0.15, 0.2) is 0 Å². The number of rotatable bonds is 6. The summed E-state index contributed by atoms with van der Waals surface area (Å²) in [6, 6.07) is 9.79. The van der Waals surface area contributed by atoms with Gasteiger partial charge in [-0.3, -0.25) is 0 Å². The zero-order chi connectivity index (χ0) is 15.2. The number of benzene rings is 1. The number of nitrogens with zero attached hydrogens (tertiary/aromatic N) is 1. The minimum atomic E-state index is 0.513. The summed E-state index contributed by atoms with van der Waals surface area (Å²) in [6.45, 7) is 3.55. The van der Waals surface area contributed by atoms with E-state index in [1.165, 1.54) is 0 Å². The summed E-state index contributed by atoms with van der Waals surface area (Å²) in [5.74, 6) is 1.28. The number of pyridine rings is 1. The van der Waals surface area contributed by atoms with Crippen LogP contribution < -0.4 is 10.6 Å². The average Bonchev–Trinajstić information content (AvgIpc) is 2.47. The SMILES string of the molecule is CCCNc1nc(NCc2ccc(Br)cc2)c(Cl)cc1Cl. The highest BCUT2D eigenvalue weighted by molar-refractivity contribution is 9.10. The fourth-order valence-electron chi connectivity index (χ4n) is 1.75. The summed E-state index contributed by atoms with van der Waals surface area (Å²) in [4.78, 5) is 4.45. The Balaban J connectivity index is 2.09. The lowest BCUT2D eigenvalue weighted by Gasteiger charge is -2.12. The maximum absolute atomic E-state index is 6.18. The first-order chi connectivity index (χ1) is 10.1. The normalized spacial score (nSPS) is 10.5. The van der Waals surface area contributed by atoms with Crippen molar-refractivity contribution in [3.8, 4) is 0 Å². The van der Waals surface area contributed by atoms with Crippen LogP contribution in [0.2, 0.25) is 10.0 Å². The second-order valence-electron chi connectivity index (χ2n) is 4.56. The fourth-order valence-corrected chi connectivity index (χ4v) is 2.50. The lowest BCUT2D eigenvalue weighted by Crippen LogP contribution is -2.07.